The lowest BCUT2D eigenvalue weighted by molar-refractivity contribution is -0.126. The molecule has 0 radical (unpaired) electrons. The molecule has 2 N–H and O–H groups in total. The second kappa shape index (κ2) is 8.75. The summed E-state index contributed by atoms with van der Waals surface area (Å²) in [5, 5.41) is 0. The van der Waals surface area contributed by atoms with Crippen LogP contribution in [0.5, 0.6) is 0 Å². The van der Waals surface area contributed by atoms with E-state index in [1.165, 1.54) is 37.1 Å². The first-order valence-corrected chi connectivity index (χ1v) is 8.25. The third-order valence-corrected chi connectivity index (χ3v) is 4.41. The summed E-state index contributed by atoms with van der Waals surface area (Å²) < 4.78 is 12.8. The van der Waals surface area contributed by atoms with Gasteiger partial charge in [0.2, 0.25) is 0 Å². The predicted octanol–water partition coefficient (Wildman–Crippen LogP) is 1.00. The summed E-state index contributed by atoms with van der Waals surface area (Å²) >= 11 is 0. The van der Waals surface area contributed by atoms with Crippen molar-refractivity contribution in [2.75, 3.05) is 33.2 Å². The standard InChI is InChI=1S/C17H25FN4O2/c1-13(21(2)11-12-22-9-3-4-10-22)16(23)19-20-17(24)14-5-7-15(18)8-6-14/h5-8,13H,3-4,9-12H2,1-2H3,(H,19,23)(H,20,24). The first-order valence-electron chi connectivity index (χ1n) is 8.25. The lowest BCUT2D eigenvalue weighted by Gasteiger charge is -2.26. The Morgan fingerprint density at radius 2 is 1.83 bits per heavy atom. The number of hydrogen-bond acceptors (Lipinski definition) is 4. The second-order valence-corrected chi connectivity index (χ2v) is 6.16. The van der Waals surface area contributed by atoms with Gasteiger partial charge in [-0.2, -0.15) is 0 Å². The van der Waals surface area contributed by atoms with Crippen molar-refractivity contribution in [2.45, 2.75) is 25.8 Å². The Morgan fingerprint density at radius 3 is 2.46 bits per heavy atom. The molecule has 1 aliphatic heterocycles. The Balaban J connectivity index is 1.73. The number of rotatable bonds is 6. The Bertz CT molecular complexity index is 558. The molecule has 1 fully saturated rings. The predicted molar refractivity (Wildman–Crippen MR) is 89.8 cm³/mol. The average Bonchev–Trinajstić information content (AvgIpc) is 3.10. The number of nitrogens with zero attached hydrogens (tertiary/aromatic N) is 2. The zero-order valence-electron chi connectivity index (χ0n) is 14.2. The summed E-state index contributed by atoms with van der Waals surface area (Å²) in [5.74, 6) is -1.17. The smallest absolute Gasteiger partial charge is 0.269 e. The number of carbonyl (C=O) groups excluding carboxylic acids is 2. The fourth-order valence-electron chi connectivity index (χ4n) is 2.60. The molecule has 2 amide bonds. The zero-order valence-corrected chi connectivity index (χ0v) is 14.2. The van der Waals surface area contributed by atoms with Gasteiger partial charge in [-0.05, 0) is 64.2 Å². The number of likely N-dealkylation sites (tertiary alicyclic amines) is 1. The van der Waals surface area contributed by atoms with Gasteiger partial charge in [0.25, 0.3) is 11.8 Å². The van der Waals surface area contributed by atoms with Gasteiger partial charge in [0.1, 0.15) is 5.82 Å². The molecule has 1 aliphatic rings. The van der Waals surface area contributed by atoms with Crippen molar-refractivity contribution >= 4 is 11.8 Å². The van der Waals surface area contributed by atoms with E-state index in [2.05, 4.69) is 15.8 Å². The van der Waals surface area contributed by atoms with Gasteiger partial charge in [0.15, 0.2) is 0 Å². The minimum atomic E-state index is -0.477. The van der Waals surface area contributed by atoms with Crippen molar-refractivity contribution in [1.82, 2.24) is 20.7 Å². The minimum Gasteiger partial charge on any atom is -0.302 e. The van der Waals surface area contributed by atoms with Crippen molar-refractivity contribution in [3.63, 3.8) is 0 Å². The maximum Gasteiger partial charge on any atom is 0.269 e. The summed E-state index contributed by atoms with van der Waals surface area (Å²) in [6, 6.07) is 4.77. The molecule has 0 saturated carbocycles. The molecule has 1 aromatic carbocycles. The normalized spacial score (nSPS) is 16.2. The van der Waals surface area contributed by atoms with E-state index in [-0.39, 0.29) is 17.5 Å². The van der Waals surface area contributed by atoms with Gasteiger partial charge in [-0.15, -0.1) is 0 Å². The third kappa shape index (κ3) is 5.28. The Kier molecular flexibility index (Phi) is 6.69. The van der Waals surface area contributed by atoms with Crippen LogP contribution in [0, 0.1) is 5.82 Å². The molecule has 1 unspecified atom stereocenters. The molecule has 0 spiro atoms. The topological polar surface area (TPSA) is 64.7 Å². The van der Waals surface area contributed by atoms with E-state index in [0.29, 0.717) is 0 Å². The van der Waals surface area contributed by atoms with Crippen LogP contribution in [-0.4, -0.2) is 60.9 Å². The molecule has 0 bridgehead atoms. The Morgan fingerprint density at radius 1 is 1.21 bits per heavy atom. The van der Waals surface area contributed by atoms with E-state index in [1.807, 2.05) is 11.9 Å². The van der Waals surface area contributed by atoms with Crippen LogP contribution < -0.4 is 10.9 Å². The molecule has 0 aliphatic carbocycles. The van der Waals surface area contributed by atoms with E-state index in [0.717, 1.165) is 26.2 Å². The lowest BCUT2D eigenvalue weighted by atomic mass is 10.2. The molecule has 2 rings (SSSR count). The first kappa shape index (κ1) is 18.4. The second-order valence-electron chi connectivity index (χ2n) is 6.16. The highest BCUT2D eigenvalue weighted by Crippen LogP contribution is 2.07. The molecule has 132 valence electrons. The number of hydrazine groups is 1. The number of likely N-dealkylation sites (N-methyl/N-ethyl adjacent to an activating group) is 1. The van der Waals surface area contributed by atoms with E-state index >= 15 is 0 Å². The summed E-state index contributed by atoms with van der Waals surface area (Å²) in [4.78, 5) is 28.4. The minimum absolute atomic E-state index is 0.283. The van der Waals surface area contributed by atoms with Gasteiger partial charge in [-0.1, -0.05) is 0 Å². The fraction of sp³-hybridized carbons (Fsp3) is 0.529. The van der Waals surface area contributed by atoms with E-state index in [1.54, 1.807) is 6.92 Å². The number of carbonyl (C=O) groups is 2. The fourth-order valence-corrected chi connectivity index (χ4v) is 2.60. The van der Waals surface area contributed by atoms with Crippen molar-refractivity contribution in [2.24, 2.45) is 0 Å². The van der Waals surface area contributed by atoms with E-state index in [4.69, 9.17) is 0 Å². The van der Waals surface area contributed by atoms with Crippen LogP contribution in [0.2, 0.25) is 0 Å². The molecule has 1 atom stereocenters. The number of hydrogen-bond donors (Lipinski definition) is 2. The molecule has 6 nitrogen and oxygen atoms in total. The molecule has 24 heavy (non-hydrogen) atoms. The third-order valence-electron chi connectivity index (χ3n) is 4.41. The van der Waals surface area contributed by atoms with Gasteiger partial charge in [0, 0.05) is 18.7 Å². The van der Waals surface area contributed by atoms with Crippen LogP contribution in [0.1, 0.15) is 30.1 Å². The molecule has 1 saturated heterocycles. The van der Waals surface area contributed by atoms with Crippen LogP contribution in [0.15, 0.2) is 24.3 Å². The highest BCUT2D eigenvalue weighted by molar-refractivity contribution is 5.95. The van der Waals surface area contributed by atoms with Gasteiger partial charge in [0.05, 0.1) is 6.04 Å². The van der Waals surface area contributed by atoms with Gasteiger partial charge >= 0.3 is 0 Å². The summed E-state index contributed by atoms with van der Waals surface area (Å²) in [7, 11) is 1.89. The van der Waals surface area contributed by atoms with Crippen LogP contribution in [0.3, 0.4) is 0 Å². The maximum absolute atomic E-state index is 12.8. The lowest BCUT2D eigenvalue weighted by Crippen LogP contribution is -2.51. The first-order chi connectivity index (χ1) is 11.5. The van der Waals surface area contributed by atoms with Gasteiger partial charge in [-0.3, -0.25) is 25.3 Å². The number of amides is 2. The Labute approximate surface area is 142 Å². The molecular formula is C17H25FN4O2. The van der Waals surface area contributed by atoms with Crippen LogP contribution >= 0.6 is 0 Å². The zero-order chi connectivity index (χ0) is 17.5. The number of halogens is 1. The van der Waals surface area contributed by atoms with E-state index in [9.17, 15) is 14.0 Å². The van der Waals surface area contributed by atoms with Crippen molar-refractivity contribution in [3.05, 3.63) is 35.6 Å². The molecule has 1 aromatic rings. The van der Waals surface area contributed by atoms with Gasteiger partial charge < -0.3 is 4.90 Å². The van der Waals surface area contributed by atoms with Crippen molar-refractivity contribution in [1.29, 1.82) is 0 Å². The van der Waals surface area contributed by atoms with E-state index < -0.39 is 11.7 Å². The number of benzene rings is 1. The molecule has 7 heteroatoms. The average molecular weight is 336 g/mol. The SMILES string of the molecule is CC(C(=O)NNC(=O)c1ccc(F)cc1)N(C)CCN1CCCC1. The Hall–Kier alpha value is -1.99. The van der Waals surface area contributed by atoms with Crippen LogP contribution in [0.4, 0.5) is 4.39 Å². The highest BCUT2D eigenvalue weighted by atomic mass is 19.1. The van der Waals surface area contributed by atoms with Crippen molar-refractivity contribution < 1.29 is 14.0 Å². The summed E-state index contributed by atoms with van der Waals surface area (Å²) in [6.45, 7) is 5.78. The molecular weight excluding hydrogens is 311 g/mol. The van der Waals surface area contributed by atoms with Crippen molar-refractivity contribution in [3.8, 4) is 0 Å². The molecule has 1 heterocycles. The summed E-state index contributed by atoms with van der Waals surface area (Å²) in [5.41, 5.74) is 5.05. The largest absolute Gasteiger partial charge is 0.302 e. The monoisotopic (exact) mass is 336 g/mol. The number of nitrogens with one attached hydrogen (secondary N) is 2. The van der Waals surface area contributed by atoms with Gasteiger partial charge in [-0.25, -0.2) is 4.39 Å². The summed E-state index contributed by atoms with van der Waals surface area (Å²) in [6.07, 6.45) is 2.49. The highest BCUT2D eigenvalue weighted by Gasteiger charge is 2.20. The quantitative estimate of drug-likeness (QED) is 0.761. The maximum atomic E-state index is 12.8. The molecule has 0 aromatic heterocycles. The van der Waals surface area contributed by atoms with Crippen LogP contribution in [0.25, 0.3) is 0 Å². The van der Waals surface area contributed by atoms with Crippen LogP contribution in [-0.2, 0) is 4.79 Å².